The van der Waals surface area contributed by atoms with Crippen LogP contribution in [0.15, 0.2) is 30.3 Å². The van der Waals surface area contributed by atoms with E-state index in [0.717, 1.165) is 4.90 Å². The Morgan fingerprint density at radius 2 is 1.18 bits per heavy atom. The maximum absolute atomic E-state index is 12.4. The Kier molecular flexibility index (Phi) is 8.27. The molecule has 3 rings (SSSR count). The summed E-state index contributed by atoms with van der Waals surface area (Å²) in [6, 6.07) is 8.11. The molecule has 38 heavy (non-hydrogen) atoms. The average molecular weight is 578 g/mol. The van der Waals surface area contributed by atoms with Crippen LogP contribution in [0, 0.1) is 0 Å². The van der Waals surface area contributed by atoms with Gasteiger partial charge in [-0.2, -0.15) is 16.8 Å². The van der Waals surface area contributed by atoms with E-state index in [1.165, 1.54) is 0 Å². The zero-order valence-corrected chi connectivity index (χ0v) is 20.7. The molecule has 206 valence electrons. The molecule has 2 aliphatic rings. The van der Waals surface area contributed by atoms with Gasteiger partial charge in [0.05, 0.1) is 12.8 Å². The van der Waals surface area contributed by atoms with Crippen molar-refractivity contribution in [1.82, 2.24) is 15.0 Å². The standard InChI is InChI=1S/C19H19N3O14S2/c23-14-6-12(37(29,30)31)18(27)21(14)35-16(25)9-20(8-11-4-2-1-3-5-11)10-17(26)36-22-15(24)7-13(19(22)28)38(32,33)34/h1-5,12-13H,6-10H2,(H,29,30,31)(H,32,33,34). The van der Waals surface area contributed by atoms with Gasteiger partial charge >= 0.3 is 11.9 Å². The second-order valence-corrected chi connectivity index (χ2v) is 11.2. The molecule has 2 N–H and O–H groups in total. The Labute approximate surface area is 214 Å². The predicted octanol–water partition coefficient (Wildman–Crippen LogP) is -2.56. The number of hydrogen-bond acceptors (Lipinski definition) is 13. The van der Waals surface area contributed by atoms with Gasteiger partial charge in [-0.3, -0.25) is 33.2 Å². The van der Waals surface area contributed by atoms with Crippen LogP contribution in [0.4, 0.5) is 0 Å². The summed E-state index contributed by atoms with van der Waals surface area (Å²) in [6.45, 7) is -1.78. The number of rotatable bonds is 10. The van der Waals surface area contributed by atoms with Gasteiger partial charge in [0.2, 0.25) is 0 Å². The molecule has 0 spiro atoms. The fourth-order valence-corrected chi connectivity index (χ4v) is 4.87. The van der Waals surface area contributed by atoms with Gasteiger partial charge in [-0.05, 0) is 5.56 Å². The van der Waals surface area contributed by atoms with Crippen molar-refractivity contribution >= 4 is 55.8 Å². The van der Waals surface area contributed by atoms with Crippen LogP contribution in [-0.2, 0) is 65.2 Å². The minimum absolute atomic E-state index is 0.128. The fourth-order valence-electron chi connectivity index (χ4n) is 3.46. The molecule has 1 aromatic rings. The Morgan fingerprint density at radius 3 is 1.53 bits per heavy atom. The molecule has 2 heterocycles. The highest BCUT2D eigenvalue weighted by molar-refractivity contribution is 7.87. The van der Waals surface area contributed by atoms with Crippen LogP contribution in [0.1, 0.15) is 18.4 Å². The lowest BCUT2D eigenvalue weighted by molar-refractivity contribution is -0.201. The zero-order chi connectivity index (χ0) is 28.4. The summed E-state index contributed by atoms with van der Waals surface area (Å²) in [7, 11) is -9.91. The first-order chi connectivity index (χ1) is 17.6. The third-order valence-electron chi connectivity index (χ3n) is 5.18. The number of carbonyl (C=O) groups is 6. The monoisotopic (exact) mass is 577 g/mol. The lowest BCUT2D eigenvalue weighted by Gasteiger charge is -2.22. The third-order valence-corrected chi connectivity index (χ3v) is 7.36. The summed E-state index contributed by atoms with van der Waals surface area (Å²) in [5.74, 6) is -8.07. The van der Waals surface area contributed by atoms with Crippen LogP contribution in [-0.4, -0.2) is 100 Å². The highest BCUT2D eigenvalue weighted by Crippen LogP contribution is 2.21. The van der Waals surface area contributed by atoms with Crippen molar-refractivity contribution in [3.63, 3.8) is 0 Å². The van der Waals surface area contributed by atoms with Crippen molar-refractivity contribution in [1.29, 1.82) is 0 Å². The first kappa shape index (κ1) is 28.8. The van der Waals surface area contributed by atoms with Gasteiger partial charge in [-0.1, -0.05) is 30.3 Å². The smallest absolute Gasteiger partial charge is 0.329 e. The second-order valence-electron chi connectivity index (χ2n) is 8.03. The van der Waals surface area contributed by atoms with Crippen molar-refractivity contribution in [3.8, 4) is 0 Å². The minimum atomic E-state index is -4.95. The van der Waals surface area contributed by atoms with Crippen molar-refractivity contribution in [2.45, 2.75) is 29.9 Å². The van der Waals surface area contributed by atoms with Gasteiger partial charge in [0.15, 0.2) is 10.5 Å². The van der Waals surface area contributed by atoms with Crippen LogP contribution in [0.25, 0.3) is 0 Å². The topological polar surface area (TPSA) is 239 Å². The SMILES string of the molecule is O=C(CN(CC(=O)ON1C(=O)CC(S(=O)(=O)O)C1=O)Cc1ccccc1)ON1C(=O)CC(S(=O)(=O)O)C1=O. The summed E-state index contributed by atoms with van der Waals surface area (Å²) < 4.78 is 63.1. The van der Waals surface area contributed by atoms with E-state index in [0.29, 0.717) is 5.56 Å². The van der Waals surface area contributed by atoms with E-state index in [4.69, 9.17) is 9.11 Å². The molecule has 2 saturated heterocycles. The molecule has 2 atom stereocenters. The normalized spacial score (nSPS) is 20.4. The number of hydroxylamine groups is 4. The first-order valence-corrected chi connectivity index (χ1v) is 13.4. The first-order valence-electron chi connectivity index (χ1n) is 10.4. The molecular formula is C19H19N3O14S2. The van der Waals surface area contributed by atoms with Crippen LogP contribution in [0.3, 0.4) is 0 Å². The molecule has 0 radical (unpaired) electrons. The van der Waals surface area contributed by atoms with Crippen molar-refractivity contribution in [2.24, 2.45) is 0 Å². The number of imide groups is 2. The maximum atomic E-state index is 12.4. The number of nitrogens with zero attached hydrogens (tertiary/aromatic N) is 3. The van der Waals surface area contributed by atoms with Gasteiger partial charge in [0, 0.05) is 6.54 Å². The fraction of sp³-hybridized carbons (Fsp3) is 0.368. The second kappa shape index (κ2) is 10.9. The van der Waals surface area contributed by atoms with E-state index >= 15 is 0 Å². The highest BCUT2D eigenvalue weighted by atomic mass is 32.2. The van der Waals surface area contributed by atoms with Crippen molar-refractivity contribution in [2.75, 3.05) is 13.1 Å². The van der Waals surface area contributed by atoms with E-state index in [1.807, 2.05) is 0 Å². The summed E-state index contributed by atoms with van der Waals surface area (Å²) in [6.07, 6.45) is -1.93. The number of hydrogen-bond donors (Lipinski definition) is 2. The average Bonchev–Trinajstić information content (AvgIpc) is 3.24. The summed E-state index contributed by atoms with van der Waals surface area (Å²) >= 11 is 0. The summed E-state index contributed by atoms with van der Waals surface area (Å²) in [5, 5.41) is -4.56. The predicted molar refractivity (Wildman–Crippen MR) is 118 cm³/mol. The van der Waals surface area contributed by atoms with E-state index < -0.39 is 92.2 Å². The lowest BCUT2D eigenvalue weighted by Crippen LogP contribution is -2.43. The molecule has 17 nitrogen and oxygen atoms in total. The zero-order valence-electron chi connectivity index (χ0n) is 19.0. The summed E-state index contributed by atoms with van der Waals surface area (Å²) in [4.78, 5) is 83.2. The molecule has 0 bridgehead atoms. The Balaban J connectivity index is 1.70. The molecule has 19 heteroatoms. The molecule has 2 unspecified atom stereocenters. The molecule has 1 aromatic carbocycles. The summed E-state index contributed by atoms with van der Waals surface area (Å²) in [5.41, 5.74) is 0.535. The van der Waals surface area contributed by atoms with Gasteiger partial charge in [0.1, 0.15) is 13.1 Å². The van der Waals surface area contributed by atoms with Gasteiger partial charge in [-0.25, -0.2) is 9.59 Å². The molecule has 0 aromatic heterocycles. The van der Waals surface area contributed by atoms with Gasteiger partial charge in [-0.15, -0.1) is 10.1 Å². The van der Waals surface area contributed by atoms with Gasteiger partial charge in [0.25, 0.3) is 43.9 Å². The number of carbonyl (C=O) groups excluding carboxylic acids is 6. The molecular weight excluding hydrogens is 558 g/mol. The molecule has 2 fully saturated rings. The van der Waals surface area contributed by atoms with Crippen molar-refractivity contribution in [3.05, 3.63) is 35.9 Å². The van der Waals surface area contributed by atoms with Crippen LogP contribution >= 0.6 is 0 Å². The largest absolute Gasteiger partial charge is 0.347 e. The lowest BCUT2D eigenvalue weighted by atomic mass is 10.2. The third kappa shape index (κ3) is 6.75. The van der Waals surface area contributed by atoms with E-state index in [1.54, 1.807) is 30.3 Å². The van der Waals surface area contributed by atoms with Gasteiger partial charge < -0.3 is 9.68 Å². The number of amides is 4. The maximum Gasteiger partial charge on any atom is 0.347 e. The highest BCUT2D eigenvalue weighted by Gasteiger charge is 2.49. The Bertz CT molecular complexity index is 1310. The van der Waals surface area contributed by atoms with E-state index in [2.05, 4.69) is 9.68 Å². The van der Waals surface area contributed by atoms with Crippen LogP contribution < -0.4 is 0 Å². The molecule has 0 aliphatic carbocycles. The van der Waals surface area contributed by atoms with Crippen molar-refractivity contribution < 1.29 is 64.4 Å². The van der Waals surface area contributed by atoms with E-state index in [9.17, 15) is 45.6 Å². The Morgan fingerprint density at radius 1 is 0.789 bits per heavy atom. The molecule has 4 amide bonds. The van der Waals surface area contributed by atoms with Crippen LogP contribution in [0.5, 0.6) is 0 Å². The van der Waals surface area contributed by atoms with Crippen LogP contribution in [0.2, 0.25) is 0 Å². The number of benzene rings is 1. The Hall–Kier alpha value is -3.78. The minimum Gasteiger partial charge on any atom is -0.329 e. The quantitative estimate of drug-likeness (QED) is 0.215. The van der Waals surface area contributed by atoms with E-state index in [-0.39, 0.29) is 16.7 Å². The molecule has 2 aliphatic heterocycles. The molecule has 0 saturated carbocycles.